The molecule has 0 bridgehead atoms. The van der Waals surface area contributed by atoms with Crippen molar-refractivity contribution in [3.05, 3.63) is 35.1 Å². The van der Waals surface area contributed by atoms with E-state index in [-0.39, 0.29) is 11.5 Å². The molecule has 0 fully saturated rings. The molecule has 3 rings (SSSR count). The first-order valence-corrected chi connectivity index (χ1v) is 6.30. The first-order chi connectivity index (χ1) is 9.44. The second kappa shape index (κ2) is 4.48. The van der Waals surface area contributed by atoms with Crippen molar-refractivity contribution in [2.45, 2.75) is 6.29 Å². The minimum absolute atomic E-state index is 0.0117. The second-order valence-electron chi connectivity index (χ2n) is 4.04. The molecule has 5 nitrogen and oxygen atoms in total. The highest BCUT2D eigenvalue weighted by Crippen LogP contribution is 2.43. The van der Waals surface area contributed by atoms with Crippen molar-refractivity contribution in [1.29, 1.82) is 0 Å². The third-order valence-electron chi connectivity index (χ3n) is 2.60. The van der Waals surface area contributed by atoms with Crippen molar-refractivity contribution in [3.8, 4) is 11.5 Å². The molecule has 0 radical (unpaired) electrons. The maximum atomic E-state index is 12.9. The lowest BCUT2D eigenvalue weighted by Crippen LogP contribution is -2.25. The fourth-order valence-corrected chi connectivity index (χ4v) is 2.20. The van der Waals surface area contributed by atoms with E-state index in [1.54, 1.807) is 12.3 Å². The number of hydrogen-bond donors (Lipinski definition) is 2. The Balaban J connectivity index is 1.91. The highest BCUT2D eigenvalue weighted by Gasteiger charge is 2.43. The van der Waals surface area contributed by atoms with Crippen LogP contribution in [0.15, 0.2) is 35.1 Å². The molecule has 8 heteroatoms. The molecule has 2 aromatic rings. The molecule has 104 valence electrons. The van der Waals surface area contributed by atoms with Gasteiger partial charge in [0.05, 0.1) is 22.0 Å². The summed E-state index contributed by atoms with van der Waals surface area (Å²) in [6, 6.07) is 4.38. The predicted molar refractivity (Wildman–Crippen MR) is 72.3 cm³/mol. The van der Waals surface area contributed by atoms with Crippen LogP contribution >= 0.6 is 15.9 Å². The number of fused-ring (bicyclic) bond motifs is 1. The average Bonchev–Trinajstić information content (AvgIpc) is 2.67. The van der Waals surface area contributed by atoms with Crippen LogP contribution in [0.3, 0.4) is 0 Å². The maximum Gasteiger partial charge on any atom is 0.586 e. The number of nitrogens with one attached hydrogen (secondary N) is 1. The molecular formula is C12H8BrF2N3O2. The van der Waals surface area contributed by atoms with Crippen LogP contribution in [0.1, 0.15) is 0 Å². The van der Waals surface area contributed by atoms with E-state index in [1.165, 1.54) is 18.3 Å². The van der Waals surface area contributed by atoms with Crippen LogP contribution in [0, 0.1) is 0 Å². The van der Waals surface area contributed by atoms with E-state index < -0.39 is 6.29 Å². The zero-order chi connectivity index (χ0) is 14.3. The average molecular weight is 344 g/mol. The van der Waals surface area contributed by atoms with Crippen molar-refractivity contribution >= 4 is 33.0 Å². The Morgan fingerprint density at radius 2 is 1.95 bits per heavy atom. The number of ether oxygens (including phenoxy) is 2. The van der Waals surface area contributed by atoms with Gasteiger partial charge in [0.15, 0.2) is 11.5 Å². The van der Waals surface area contributed by atoms with Crippen molar-refractivity contribution in [1.82, 2.24) is 4.98 Å². The molecule has 1 aliphatic rings. The number of alkyl halides is 2. The third kappa shape index (κ3) is 2.34. The SMILES string of the molecule is Nc1cncc(Br)c1Nc1ccc2c(c1)OC(F)(F)O2. The number of pyridine rings is 1. The smallest absolute Gasteiger partial charge is 0.396 e. The highest BCUT2D eigenvalue weighted by molar-refractivity contribution is 9.10. The Bertz CT molecular complexity index is 661. The summed E-state index contributed by atoms with van der Waals surface area (Å²) in [4.78, 5) is 3.91. The zero-order valence-electron chi connectivity index (χ0n) is 9.86. The summed E-state index contributed by atoms with van der Waals surface area (Å²) < 4.78 is 35.2. The summed E-state index contributed by atoms with van der Waals surface area (Å²) in [5, 5.41) is 3.01. The Morgan fingerprint density at radius 1 is 1.20 bits per heavy atom. The summed E-state index contributed by atoms with van der Waals surface area (Å²) in [5.41, 5.74) is 7.33. The fourth-order valence-electron chi connectivity index (χ4n) is 1.75. The Kier molecular flexibility index (Phi) is 2.89. The van der Waals surface area contributed by atoms with Crippen LogP contribution in [0.2, 0.25) is 0 Å². The van der Waals surface area contributed by atoms with E-state index in [4.69, 9.17) is 5.73 Å². The number of nitrogens with two attached hydrogens (primary N) is 1. The number of rotatable bonds is 2. The van der Waals surface area contributed by atoms with Gasteiger partial charge < -0.3 is 20.5 Å². The summed E-state index contributed by atoms with van der Waals surface area (Å²) in [7, 11) is 0. The van der Waals surface area contributed by atoms with E-state index in [2.05, 4.69) is 35.7 Å². The number of anilines is 3. The molecule has 20 heavy (non-hydrogen) atoms. The van der Waals surface area contributed by atoms with E-state index in [9.17, 15) is 8.78 Å². The van der Waals surface area contributed by atoms with Gasteiger partial charge >= 0.3 is 6.29 Å². The molecule has 0 atom stereocenters. The van der Waals surface area contributed by atoms with Gasteiger partial charge in [-0.3, -0.25) is 4.98 Å². The first kappa shape index (κ1) is 12.9. The summed E-state index contributed by atoms with van der Waals surface area (Å²) in [6.45, 7) is 0. The van der Waals surface area contributed by atoms with E-state index in [0.29, 0.717) is 21.5 Å². The third-order valence-corrected chi connectivity index (χ3v) is 3.20. The van der Waals surface area contributed by atoms with Crippen LogP contribution < -0.4 is 20.5 Å². The number of aromatic nitrogens is 1. The van der Waals surface area contributed by atoms with Crippen LogP contribution in [-0.2, 0) is 0 Å². The van der Waals surface area contributed by atoms with Crippen LogP contribution in [0.25, 0.3) is 0 Å². The molecule has 0 saturated carbocycles. The number of halogens is 3. The lowest BCUT2D eigenvalue weighted by atomic mass is 10.2. The maximum absolute atomic E-state index is 12.9. The van der Waals surface area contributed by atoms with Crippen LogP contribution in [0.5, 0.6) is 11.5 Å². The number of hydrogen-bond acceptors (Lipinski definition) is 5. The molecule has 0 spiro atoms. The predicted octanol–water partition coefficient (Wildman–Crippen LogP) is 3.49. The van der Waals surface area contributed by atoms with Gasteiger partial charge in [-0.05, 0) is 28.1 Å². The number of nitrogens with zero attached hydrogens (tertiary/aromatic N) is 1. The van der Waals surface area contributed by atoms with Gasteiger partial charge in [0.1, 0.15) is 0 Å². The second-order valence-corrected chi connectivity index (χ2v) is 4.89. The minimum atomic E-state index is -3.63. The molecule has 0 saturated heterocycles. The van der Waals surface area contributed by atoms with E-state index >= 15 is 0 Å². The normalized spacial score (nSPS) is 15.2. The Hall–Kier alpha value is -2.09. The molecule has 0 unspecified atom stereocenters. The lowest BCUT2D eigenvalue weighted by molar-refractivity contribution is -0.286. The molecule has 1 aliphatic heterocycles. The summed E-state index contributed by atoms with van der Waals surface area (Å²) in [5.74, 6) is -0.0499. The van der Waals surface area contributed by atoms with Crippen LogP contribution in [0.4, 0.5) is 25.8 Å². The van der Waals surface area contributed by atoms with Gasteiger partial charge in [0, 0.05) is 18.0 Å². The summed E-state index contributed by atoms with van der Waals surface area (Å²) >= 11 is 3.30. The largest absolute Gasteiger partial charge is 0.586 e. The van der Waals surface area contributed by atoms with Crippen molar-refractivity contribution in [2.75, 3.05) is 11.1 Å². The quantitative estimate of drug-likeness (QED) is 0.873. The van der Waals surface area contributed by atoms with Crippen LogP contribution in [-0.4, -0.2) is 11.3 Å². The Labute approximate surface area is 120 Å². The minimum Gasteiger partial charge on any atom is -0.396 e. The lowest BCUT2D eigenvalue weighted by Gasteiger charge is -2.11. The highest BCUT2D eigenvalue weighted by atomic mass is 79.9. The molecule has 1 aromatic heterocycles. The van der Waals surface area contributed by atoms with Gasteiger partial charge in [-0.2, -0.15) is 0 Å². The van der Waals surface area contributed by atoms with Gasteiger partial charge in [0.25, 0.3) is 0 Å². The molecule has 2 heterocycles. The molecule has 0 amide bonds. The monoisotopic (exact) mass is 343 g/mol. The van der Waals surface area contributed by atoms with Gasteiger partial charge in [-0.25, -0.2) is 0 Å². The standard InChI is InChI=1S/C12H8BrF2N3O2/c13-7-4-17-5-8(16)11(7)18-6-1-2-9-10(3-6)20-12(14,15)19-9/h1-5H,16H2,(H,17,18). The van der Waals surface area contributed by atoms with Crippen molar-refractivity contribution < 1.29 is 18.3 Å². The molecule has 0 aliphatic carbocycles. The molecular weight excluding hydrogens is 336 g/mol. The molecule has 1 aromatic carbocycles. The number of nitrogen functional groups attached to an aromatic ring is 1. The zero-order valence-corrected chi connectivity index (χ0v) is 11.4. The first-order valence-electron chi connectivity index (χ1n) is 5.50. The number of benzene rings is 1. The molecule has 3 N–H and O–H groups in total. The van der Waals surface area contributed by atoms with Gasteiger partial charge in [-0.1, -0.05) is 0 Å². The van der Waals surface area contributed by atoms with Crippen molar-refractivity contribution in [3.63, 3.8) is 0 Å². The van der Waals surface area contributed by atoms with Gasteiger partial charge in [-0.15, -0.1) is 8.78 Å². The van der Waals surface area contributed by atoms with E-state index in [0.717, 1.165) is 0 Å². The van der Waals surface area contributed by atoms with E-state index in [1.807, 2.05) is 0 Å². The fraction of sp³-hybridized carbons (Fsp3) is 0.0833. The topological polar surface area (TPSA) is 69.4 Å². The van der Waals surface area contributed by atoms with Crippen molar-refractivity contribution in [2.24, 2.45) is 0 Å². The summed E-state index contributed by atoms with van der Waals surface area (Å²) in [6.07, 6.45) is -0.578. The van der Waals surface area contributed by atoms with Gasteiger partial charge in [0.2, 0.25) is 0 Å². The Morgan fingerprint density at radius 3 is 2.70 bits per heavy atom.